The monoisotopic (exact) mass is 334 g/mol. The predicted octanol–water partition coefficient (Wildman–Crippen LogP) is 3.79. The van der Waals surface area contributed by atoms with E-state index in [-0.39, 0.29) is 5.91 Å². The predicted molar refractivity (Wildman–Crippen MR) is 91.2 cm³/mol. The van der Waals surface area contributed by atoms with Gasteiger partial charge in [-0.1, -0.05) is 41.4 Å². The van der Waals surface area contributed by atoms with Crippen LogP contribution in [0.3, 0.4) is 0 Å². The van der Waals surface area contributed by atoms with Gasteiger partial charge in [-0.3, -0.25) is 4.79 Å². The average molecular weight is 335 g/mol. The molecule has 1 N–H and O–H groups in total. The van der Waals surface area contributed by atoms with Gasteiger partial charge in [0.25, 0.3) is 5.91 Å². The Balaban J connectivity index is 1.56. The molecule has 0 aromatic heterocycles. The molecule has 0 radical (unpaired) electrons. The fraction of sp³-hybridized carbons (Fsp3) is 0.235. The van der Waals surface area contributed by atoms with E-state index in [2.05, 4.69) is 28.4 Å². The number of nitrogens with one attached hydrogen (secondary N) is 1. The van der Waals surface area contributed by atoms with Crippen molar-refractivity contribution in [3.05, 3.63) is 63.6 Å². The van der Waals surface area contributed by atoms with Gasteiger partial charge in [0.05, 0.1) is 10.6 Å². The molecule has 1 aliphatic heterocycles. The van der Waals surface area contributed by atoms with Crippen LogP contribution in [0.25, 0.3) is 0 Å². The van der Waals surface area contributed by atoms with Crippen molar-refractivity contribution in [1.82, 2.24) is 5.32 Å². The van der Waals surface area contributed by atoms with Gasteiger partial charge in [0.1, 0.15) is 0 Å². The molecular formula is C17H16Cl2N2O. The van der Waals surface area contributed by atoms with E-state index in [4.69, 9.17) is 23.2 Å². The van der Waals surface area contributed by atoms with Crippen LogP contribution in [0.15, 0.2) is 42.5 Å². The Kier molecular flexibility index (Phi) is 4.55. The fourth-order valence-corrected chi connectivity index (χ4v) is 3.21. The smallest absolute Gasteiger partial charge is 0.252 e. The van der Waals surface area contributed by atoms with Gasteiger partial charge >= 0.3 is 0 Å². The van der Waals surface area contributed by atoms with E-state index in [9.17, 15) is 4.79 Å². The van der Waals surface area contributed by atoms with E-state index < -0.39 is 0 Å². The molecule has 0 aliphatic carbocycles. The molecule has 1 aliphatic rings. The van der Waals surface area contributed by atoms with Crippen LogP contribution in [0.5, 0.6) is 0 Å². The molecule has 3 rings (SSSR count). The van der Waals surface area contributed by atoms with Crippen LogP contribution < -0.4 is 10.2 Å². The average Bonchev–Trinajstić information content (AvgIpc) is 2.90. The number of nitrogens with zero attached hydrogens (tertiary/aromatic N) is 1. The van der Waals surface area contributed by atoms with Crippen molar-refractivity contribution in [2.45, 2.75) is 6.42 Å². The van der Waals surface area contributed by atoms with Gasteiger partial charge in [-0.05, 0) is 36.2 Å². The highest BCUT2D eigenvalue weighted by Gasteiger charge is 2.18. The molecule has 0 saturated carbocycles. The molecule has 5 heteroatoms. The first kappa shape index (κ1) is 15.2. The molecule has 114 valence electrons. The molecule has 0 spiro atoms. The maximum Gasteiger partial charge on any atom is 0.252 e. The summed E-state index contributed by atoms with van der Waals surface area (Å²) in [4.78, 5) is 14.4. The number of para-hydroxylation sites is 1. The van der Waals surface area contributed by atoms with Crippen molar-refractivity contribution in [2.75, 3.05) is 24.5 Å². The van der Waals surface area contributed by atoms with Gasteiger partial charge in [0, 0.05) is 30.3 Å². The topological polar surface area (TPSA) is 32.3 Å². The lowest BCUT2D eigenvalue weighted by molar-refractivity contribution is 0.0955. The first-order chi connectivity index (χ1) is 10.6. The first-order valence-electron chi connectivity index (χ1n) is 7.21. The standard InChI is InChI=1S/C17H16Cl2N2O/c18-13-5-6-14(15(19)11-13)17(22)20-8-10-21-9-7-12-3-1-2-4-16(12)21/h1-6,11H,7-10H2,(H,20,22). The van der Waals surface area contributed by atoms with E-state index in [1.54, 1.807) is 18.2 Å². The number of rotatable bonds is 4. The highest BCUT2D eigenvalue weighted by atomic mass is 35.5. The minimum absolute atomic E-state index is 0.172. The molecule has 1 amide bonds. The van der Waals surface area contributed by atoms with Crippen molar-refractivity contribution in [3.8, 4) is 0 Å². The number of fused-ring (bicyclic) bond motifs is 1. The number of amides is 1. The zero-order chi connectivity index (χ0) is 15.5. The summed E-state index contributed by atoms with van der Waals surface area (Å²) in [6.45, 7) is 2.36. The van der Waals surface area contributed by atoms with Gasteiger partial charge < -0.3 is 10.2 Å². The summed E-state index contributed by atoms with van der Waals surface area (Å²) in [5.74, 6) is -0.172. The van der Waals surface area contributed by atoms with Crippen LogP contribution in [-0.2, 0) is 6.42 Å². The molecule has 0 atom stereocenters. The first-order valence-corrected chi connectivity index (χ1v) is 7.97. The summed E-state index contributed by atoms with van der Waals surface area (Å²) in [6, 6.07) is 13.3. The molecule has 22 heavy (non-hydrogen) atoms. The van der Waals surface area contributed by atoms with Crippen LogP contribution in [0.2, 0.25) is 10.0 Å². The molecule has 0 bridgehead atoms. The van der Waals surface area contributed by atoms with E-state index in [0.29, 0.717) is 22.2 Å². The quantitative estimate of drug-likeness (QED) is 0.922. The third-order valence-electron chi connectivity index (χ3n) is 3.83. The number of halogens is 2. The van der Waals surface area contributed by atoms with Crippen molar-refractivity contribution in [3.63, 3.8) is 0 Å². The SMILES string of the molecule is O=C(NCCN1CCc2ccccc21)c1ccc(Cl)cc1Cl. The van der Waals surface area contributed by atoms with Gasteiger partial charge in [-0.25, -0.2) is 0 Å². The molecule has 0 unspecified atom stereocenters. The maximum atomic E-state index is 12.1. The normalized spacial score (nSPS) is 13.1. The van der Waals surface area contributed by atoms with E-state index >= 15 is 0 Å². The number of carbonyl (C=O) groups excluding carboxylic acids is 1. The Bertz CT molecular complexity index is 703. The maximum absolute atomic E-state index is 12.1. The van der Waals surface area contributed by atoms with Gasteiger partial charge in [-0.2, -0.15) is 0 Å². The zero-order valence-corrected chi connectivity index (χ0v) is 13.5. The van der Waals surface area contributed by atoms with Crippen molar-refractivity contribution < 1.29 is 4.79 Å². The summed E-state index contributed by atoms with van der Waals surface area (Å²) in [6.07, 6.45) is 1.06. The van der Waals surface area contributed by atoms with Crippen LogP contribution in [0.4, 0.5) is 5.69 Å². The second kappa shape index (κ2) is 6.59. The van der Waals surface area contributed by atoms with Gasteiger partial charge in [0.2, 0.25) is 0 Å². The van der Waals surface area contributed by atoms with Crippen LogP contribution in [0.1, 0.15) is 15.9 Å². The van der Waals surface area contributed by atoms with E-state index in [0.717, 1.165) is 19.5 Å². The third kappa shape index (κ3) is 3.21. The Labute approximate surface area is 139 Å². The van der Waals surface area contributed by atoms with Crippen molar-refractivity contribution in [1.29, 1.82) is 0 Å². The molecule has 2 aromatic carbocycles. The van der Waals surface area contributed by atoms with Crippen molar-refractivity contribution in [2.24, 2.45) is 0 Å². The minimum atomic E-state index is -0.172. The lowest BCUT2D eigenvalue weighted by atomic mass is 10.2. The highest BCUT2D eigenvalue weighted by molar-refractivity contribution is 6.36. The number of benzene rings is 2. The summed E-state index contributed by atoms with van der Waals surface area (Å²) in [5.41, 5.74) is 3.09. The summed E-state index contributed by atoms with van der Waals surface area (Å²) < 4.78 is 0. The van der Waals surface area contributed by atoms with E-state index in [1.807, 2.05) is 6.07 Å². The Morgan fingerprint density at radius 2 is 2.00 bits per heavy atom. The lowest BCUT2D eigenvalue weighted by Crippen LogP contribution is -2.34. The number of carbonyl (C=O) groups is 1. The minimum Gasteiger partial charge on any atom is -0.369 e. The third-order valence-corrected chi connectivity index (χ3v) is 4.37. The van der Waals surface area contributed by atoms with Crippen LogP contribution in [-0.4, -0.2) is 25.5 Å². The van der Waals surface area contributed by atoms with Gasteiger partial charge in [0.15, 0.2) is 0 Å². The fourth-order valence-electron chi connectivity index (χ4n) is 2.71. The molecular weight excluding hydrogens is 319 g/mol. The Morgan fingerprint density at radius 3 is 2.82 bits per heavy atom. The molecule has 2 aromatic rings. The largest absolute Gasteiger partial charge is 0.369 e. The van der Waals surface area contributed by atoms with Gasteiger partial charge in [-0.15, -0.1) is 0 Å². The molecule has 0 fully saturated rings. The highest BCUT2D eigenvalue weighted by Crippen LogP contribution is 2.26. The number of anilines is 1. The molecule has 1 heterocycles. The summed E-state index contributed by atoms with van der Waals surface area (Å²) in [7, 11) is 0. The van der Waals surface area contributed by atoms with Crippen LogP contribution >= 0.6 is 23.2 Å². The van der Waals surface area contributed by atoms with Crippen LogP contribution in [0, 0.1) is 0 Å². The summed E-state index contributed by atoms with van der Waals surface area (Å²) >= 11 is 11.9. The lowest BCUT2D eigenvalue weighted by Gasteiger charge is -2.19. The molecule has 3 nitrogen and oxygen atoms in total. The number of hydrogen-bond acceptors (Lipinski definition) is 2. The second-order valence-electron chi connectivity index (χ2n) is 5.25. The number of hydrogen-bond donors (Lipinski definition) is 1. The zero-order valence-electron chi connectivity index (χ0n) is 12.0. The second-order valence-corrected chi connectivity index (χ2v) is 6.09. The van der Waals surface area contributed by atoms with E-state index in [1.165, 1.54) is 11.3 Å². The summed E-state index contributed by atoms with van der Waals surface area (Å²) in [5, 5.41) is 3.80. The Morgan fingerprint density at radius 1 is 1.18 bits per heavy atom. The Hall–Kier alpha value is -1.71. The molecule has 0 saturated heterocycles. The van der Waals surface area contributed by atoms with Crippen molar-refractivity contribution >= 4 is 34.8 Å².